The summed E-state index contributed by atoms with van der Waals surface area (Å²) in [7, 11) is 0. The van der Waals surface area contributed by atoms with Crippen LogP contribution in [0.15, 0.2) is 77.9 Å². The second-order valence-electron chi connectivity index (χ2n) is 10.1. The smallest absolute Gasteiger partial charge is 0.303 e. The first-order valence-corrected chi connectivity index (χ1v) is 13.5. The number of amides is 2. The van der Waals surface area contributed by atoms with E-state index in [1.165, 1.54) is 5.01 Å². The minimum atomic E-state index is -0.851. The summed E-state index contributed by atoms with van der Waals surface area (Å²) in [5.41, 5.74) is 5.05. The predicted molar refractivity (Wildman–Crippen MR) is 154 cm³/mol. The Balaban J connectivity index is 1.50. The summed E-state index contributed by atoms with van der Waals surface area (Å²) < 4.78 is 5.54. The van der Waals surface area contributed by atoms with Crippen LogP contribution in [0.3, 0.4) is 0 Å². The maximum atomic E-state index is 13.6. The Morgan fingerprint density at radius 2 is 1.77 bits per heavy atom. The van der Waals surface area contributed by atoms with Gasteiger partial charge in [-0.2, -0.15) is 0 Å². The molecule has 2 amide bonds. The molecular formula is C32H35N3O5. The quantitative estimate of drug-likeness (QED) is 0.333. The number of hydrogen-bond acceptors (Lipinski definition) is 5. The molecule has 40 heavy (non-hydrogen) atoms. The molecule has 0 fully saturated rings. The van der Waals surface area contributed by atoms with Crippen molar-refractivity contribution < 1.29 is 24.2 Å². The van der Waals surface area contributed by atoms with Gasteiger partial charge in [0.15, 0.2) is 6.61 Å². The Labute approximate surface area is 234 Å². The van der Waals surface area contributed by atoms with Crippen molar-refractivity contribution in [2.75, 3.05) is 11.9 Å². The molecule has 0 aliphatic carbocycles. The topological polar surface area (TPSA) is 108 Å². The van der Waals surface area contributed by atoms with Crippen molar-refractivity contribution in [1.29, 1.82) is 0 Å². The van der Waals surface area contributed by atoms with Crippen molar-refractivity contribution in [2.45, 2.75) is 52.5 Å². The van der Waals surface area contributed by atoms with Gasteiger partial charge in [-0.05, 0) is 59.7 Å². The van der Waals surface area contributed by atoms with Crippen LogP contribution < -0.4 is 5.32 Å². The zero-order chi connectivity index (χ0) is 28.6. The number of hydrazone groups is 1. The zero-order valence-electron chi connectivity index (χ0n) is 23.1. The number of hydrogen-bond donors (Lipinski definition) is 2. The van der Waals surface area contributed by atoms with Gasteiger partial charge in [0.1, 0.15) is 0 Å². The molecule has 1 aliphatic heterocycles. The SMILES string of the molecule is CCC(C)C(C(=O)Nc1cccc(CCC(=O)O)c1C)c1ccc(CN2N=C(c3ccccc3)OCC2=O)cc1. The number of carbonyl (C=O) groups excluding carboxylic acids is 2. The van der Waals surface area contributed by atoms with Gasteiger partial charge in [0.25, 0.3) is 5.91 Å². The minimum absolute atomic E-state index is 0.0367. The van der Waals surface area contributed by atoms with Crippen LogP contribution >= 0.6 is 0 Å². The molecule has 4 rings (SSSR count). The minimum Gasteiger partial charge on any atom is -0.481 e. The number of anilines is 1. The van der Waals surface area contributed by atoms with Crippen LogP contribution in [0.5, 0.6) is 0 Å². The lowest BCUT2D eigenvalue weighted by Crippen LogP contribution is -2.36. The molecule has 8 heteroatoms. The highest BCUT2D eigenvalue weighted by molar-refractivity contribution is 5.98. The molecule has 208 valence electrons. The number of aliphatic carboxylic acids is 1. The third-order valence-corrected chi connectivity index (χ3v) is 7.33. The molecule has 0 saturated carbocycles. The molecule has 0 saturated heterocycles. The largest absolute Gasteiger partial charge is 0.481 e. The Hall–Kier alpha value is -4.46. The standard InChI is InChI=1S/C32H35N3O5/c1-4-21(2)30(31(39)33-27-12-8-11-24(22(27)3)17-18-29(37)38)25-15-13-23(14-16-25)19-35-28(36)20-40-32(34-35)26-9-6-5-7-10-26/h5-16,21,30H,4,17-20H2,1-3H3,(H,33,39)(H,37,38). The van der Waals surface area contributed by atoms with E-state index in [-0.39, 0.29) is 36.7 Å². The molecule has 2 atom stereocenters. The number of carbonyl (C=O) groups is 3. The molecule has 3 aromatic rings. The van der Waals surface area contributed by atoms with E-state index >= 15 is 0 Å². The van der Waals surface area contributed by atoms with Gasteiger partial charge in [0, 0.05) is 17.7 Å². The van der Waals surface area contributed by atoms with E-state index in [4.69, 9.17) is 9.84 Å². The second kappa shape index (κ2) is 13.1. The van der Waals surface area contributed by atoms with E-state index in [2.05, 4.69) is 24.3 Å². The summed E-state index contributed by atoms with van der Waals surface area (Å²) >= 11 is 0. The fourth-order valence-electron chi connectivity index (χ4n) is 4.76. The van der Waals surface area contributed by atoms with Crippen LogP contribution in [0.4, 0.5) is 5.69 Å². The van der Waals surface area contributed by atoms with Gasteiger partial charge in [-0.15, -0.1) is 5.10 Å². The van der Waals surface area contributed by atoms with Gasteiger partial charge >= 0.3 is 5.97 Å². The monoisotopic (exact) mass is 541 g/mol. The van der Waals surface area contributed by atoms with E-state index in [1.807, 2.05) is 79.7 Å². The summed E-state index contributed by atoms with van der Waals surface area (Å²) in [6.45, 7) is 6.24. The number of carboxylic acids is 1. The Bertz CT molecular complexity index is 1390. The Morgan fingerprint density at radius 3 is 2.45 bits per heavy atom. The second-order valence-corrected chi connectivity index (χ2v) is 10.1. The van der Waals surface area contributed by atoms with Crippen LogP contribution in [-0.2, 0) is 32.1 Å². The first-order valence-electron chi connectivity index (χ1n) is 13.5. The number of aryl methyl sites for hydroxylation is 1. The van der Waals surface area contributed by atoms with Crippen molar-refractivity contribution in [3.05, 3.63) is 101 Å². The van der Waals surface area contributed by atoms with Crippen molar-refractivity contribution in [3.63, 3.8) is 0 Å². The summed E-state index contributed by atoms with van der Waals surface area (Å²) in [5, 5.41) is 18.0. The lowest BCUT2D eigenvalue weighted by molar-refractivity contribution is -0.137. The number of nitrogens with one attached hydrogen (secondary N) is 1. The van der Waals surface area contributed by atoms with Crippen molar-refractivity contribution in [2.24, 2.45) is 11.0 Å². The number of rotatable bonds is 11. The van der Waals surface area contributed by atoms with Gasteiger partial charge in [-0.3, -0.25) is 14.4 Å². The summed E-state index contributed by atoms with van der Waals surface area (Å²) in [5.74, 6) is -1.07. The predicted octanol–water partition coefficient (Wildman–Crippen LogP) is 5.50. The lowest BCUT2D eigenvalue weighted by atomic mass is 9.84. The number of benzene rings is 3. The zero-order valence-corrected chi connectivity index (χ0v) is 23.1. The first kappa shape index (κ1) is 28.5. The molecule has 0 aromatic heterocycles. The fraction of sp³-hybridized carbons (Fsp3) is 0.312. The highest BCUT2D eigenvalue weighted by atomic mass is 16.5. The Kier molecular flexibility index (Phi) is 9.32. The van der Waals surface area contributed by atoms with Crippen molar-refractivity contribution in [3.8, 4) is 0 Å². The van der Waals surface area contributed by atoms with Gasteiger partial charge in [-0.25, -0.2) is 5.01 Å². The number of ether oxygens (including phenoxy) is 1. The van der Waals surface area contributed by atoms with E-state index in [0.29, 0.717) is 24.6 Å². The highest BCUT2D eigenvalue weighted by Crippen LogP contribution is 2.30. The van der Waals surface area contributed by atoms with Crippen LogP contribution in [0.25, 0.3) is 0 Å². The maximum Gasteiger partial charge on any atom is 0.303 e. The number of carboxylic acid groups (broad SMARTS) is 1. The van der Waals surface area contributed by atoms with E-state index in [0.717, 1.165) is 34.2 Å². The molecule has 1 heterocycles. The normalized spacial score (nSPS) is 14.6. The number of nitrogens with zero attached hydrogens (tertiary/aromatic N) is 2. The third-order valence-electron chi connectivity index (χ3n) is 7.33. The van der Waals surface area contributed by atoms with Crippen molar-refractivity contribution >= 4 is 29.4 Å². The summed E-state index contributed by atoms with van der Waals surface area (Å²) in [6.07, 6.45) is 1.26. The molecular weight excluding hydrogens is 506 g/mol. The molecule has 2 N–H and O–H groups in total. The van der Waals surface area contributed by atoms with Crippen LogP contribution in [-0.4, -0.2) is 40.4 Å². The van der Waals surface area contributed by atoms with E-state index in [1.54, 1.807) is 0 Å². The van der Waals surface area contributed by atoms with Crippen LogP contribution in [0.2, 0.25) is 0 Å². The average Bonchev–Trinajstić information content (AvgIpc) is 2.96. The van der Waals surface area contributed by atoms with E-state index < -0.39 is 5.97 Å². The molecule has 8 nitrogen and oxygen atoms in total. The highest BCUT2D eigenvalue weighted by Gasteiger charge is 2.27. The average molecular weight is 542 g/mol. The first-order chi connectivity index (χ1) is 19.3. The van der Waals surface area contributed by atoms with Gasteiger partial charge in [0.2, 0.25) is 11.8 Å². The van der Waals surface area contributed by atoms with Crippen molar-refractivity contribution in [1.82, 2.24) is 5.01 Å². The summed E-state index contributed by atoms with van der Waals surface area (Å²) in [4.78, 5) is 37.1. The molecule has 0 radical (unpaired) electrons. The molecule has 3 aromatic carbocycles. The lowest BCUT2D eigenvalue weighted by Gasteiger charge is -2.25. The van der Waals surface area contributed by atoms with Crippen LogP contribution in [0.1, 0.15) is 60.4 Å². The van der Waals surface area contributed by atoms with Gasteiger partial charge in [0.05, 0.1) is 12.5 Å². The Morgan fingerprint density at radius 1 is 1.05 bits per heavy atom. The fourth-order valence-corrected chi connectivity index (χ4v) is 4.76. The van der Waals surface area contributed by atoms with E-state index in [9.17, 15) is 14.4 Å². The third kappa shape index (κ3) is 6.94. The molecule has 0 bridgehead atoms. The molecule has 1 aliphatic rings. The van der Waals surface area contributed by atoms with Gasteiger partial charge < -0.3 is 15.2 Å². The van der Waals surface area contributed by atoms with Gasteiger partial charge in [-0.1, -0.05) is 74.9 Å². The van der Waals surface area contributed by atoms with Crippen LogP contribution in [0, 0.1) is 12.8 Å². The summed E-state index contributed by atoms with van der Waals surface area (Å²) in [6, 6.07) is 22.8. The maximum absolute atomic E-state index is 13.6. The molecule has 0 spiro atoms. The molecule has 2 unspecified atom stereocenters.